The molecule has 8 heteroatoms. The van der Waals surface area contributed by atoms with Gasteiger partial charge in [0.15, 0.2) is 0 Å². The van der Waals surface area contributed by atoms with Crippen molar-refractivity contribution in [1.82, 2.24) is 25.2 Å². The molecule has 0 aromatic carbocycles. The van der Waals surface area contributed by atoms with Crippen LogP contribution in [0.5, 0.6) is 5.88 Å². The quantitative estimate of drug-likeness (QED) is 0.785. The van der Waals surface area contributed by atoms with Crippen LogP contribution in [0, 0.1) is 6.92 Å². The molecule has 1 saturated heterocycles. The summed E-state index contributed by atoms with van der Waals surface area (Å²) in [5, 5.41) is 7.87. The molecule has 2 fully saturated rings. The molecular formula is C17H24N6O2. The monoisotopic (exact) mass is 344 g/mol. The number of aryl methyl sites for hydroxylation is 1. The number of nitrogens with zero attached hydrogens (tertiary/aromatic N) is 6. The minimum absolute atomic E-state index is 0.514. The van der Waals surface area contributed by atoms with E-state index in [-0.39, 0.29) is 0 Å². The van der Waals surface area contributed by atoms with Gasteiger partial charge in [-0.2, -0.15) is 0 Å². The van der Waals surface area contributed by atoms with Gasteiger partial charge < -0.3 is 9.64 Å². The first-order valence-corrected chi connectivity index (χ1v) is 8.89. The zero-order valence-corrected chi connectivity index (χ0v) is 14.8. The first-order valence-electron chi connectivity index (χ1n) is 8.89. The summed E-state index contributed by atoms with van der Waals surface area (Å²) >= 11 is 0. The molecule has 1 saturated carbocycles. The van der Waals surface area contributed by atoms with E-state index in [1.165, 1.54) is 12.8 Å². The Morgan fingerprint density at radius 3 is 2.56 bits per heavy atom. The highest BCUT2D eigenvalue weighted by Gasteiger charge is 2.36. The standard InChI is InChI=1S/C17H24N6O2/c1-12-15(21-25-20-12)10-22-7-5-14(6-8-22)23(13-3-4-13)16-9-17(24-2)19-11-18-16/h9,11,13-14H,3-8,10H2,1-2H3. The van der Waals surface area contributed by atoms with E-state index in [1.807, 2.05) is 13.0 Å². The summed E-state index contributed by atoms with van der Waals surface area (Å²) in [5.74, 6) is 1.62. The zero-order chi connectivity index (χ0) is 17.2. The molecule has 4 rings (SSSR count). The summed E-state index contributed by atoms with van der Waals surface area (Å²) in [6.07, 6.45) is 6.33. The van der Waals surface area contributed by atoms with Gasteiger partial charge in [-0.1, -0.05) is 10.3 Å². The van der Waals surface area contributed by atoms with Crippen molar-refractivity contribution >= 4 is 5.82 Å². The molecule has 2 aromatic rings. The summed E-state index contributed by atoms with van der Waals surface area (Å²) in [6, 6.07) is 3.08. The van der Waals surface area contributed by atoms with Crippen molar-refractivity contribution in [3.05, 3.63) is 23.8 Å². The fraction of sp³-hybridized carbons (Fsp3) is 0.647. The molecule has 0 bridgehead atoms. The third-order valence-electron chi connectivity index (χ3n) is 5.11. The Morgan fingerprint density at radius 1 is 1.16 bits per heavy atom. The summed E-state index contributed by atoms with van der Waals surface area (Å²) in [6.45, 7) is 4.84. The van der Waals surface area contributed by atoms with Crippen molar-refractivity contribution in [2.24, 2.45) is 0 Å². The summed E-state index contributed by atoms with van der Waals surface area (Å²) < 4.78 is 10.1. The number of piperidine rings is 1. The van der Waals surface area contributed by atoms with Crippen LogP contribution in [0.15, 0.2) is 17.0 Å². The van der Waals surface area contributed by atoms with Gasteiger partial charge >= 0.3 is 0 Å². The highest BCUT2D eigenvalue weighted by atomic mass is 16.6. The van der Waals surface area contributed by atoms with Crippen molar-refractivity contribution in [3.8, 4) is 5.88 Å². The Labute approximate surface area is 147 Å². The molecule has 134 valence electrons. The Kier molecular flexibility index (Phi) is 4.52. The normalized spacial score (nSPS) is 19.1. The molecular weight excluding hydrogens is 320 g/mol. The van der Waals surface area contributed by atoms with Crippen molar-refractivity contribution < 1.29 is 9.37 Å². The van der Waals surface area contributed by atoms with Crippen LogP contribution >= 0.6 is 0 Å². The molecule has 25 heavy (non-hydrogen) atoms. The van der Waals surface area contributed by atoms with Gasteiger partial charge in [-0.05, 0) is 32.6 Å². The molecule has 0 atom stereocenters. The second kappa shape index (κ2) is 6.95. The number of anilines is 1. The van der Waals surface area contributed by atoms with Gasteiger partial charge in [-0.15, -0.1) is 0 Å². The van der Waals surface area contributed by atoms with Gasteiger partial charge in [0.2, 0.25) is 5.88 Å². The lowest BCUT2D eigenvalue weighted by molar-refractivity contribution is 0.194. The highest BCUT2D eigenvalue weighted by molar-refractivity contribution is 5.45. The first kappa shape index (κ1) is 16.3. The Hall–Kier alpha value is -2.22. The van der Waals surface area contributed by atoms with Gasteiger partial charge in [0.1, 0.15) is 23.5 Å². The molecule has 1 aliphatic carbocycles. The van der Waals surface area contributed by atoms with Crippen LogP contribution in [0.3, 0.4) is 0 Å². The number of ether oxygens (including phenoxy) is 1. The number of aromatic nitrogens is 4. The summed E-state index contributed by atoms with van der Waals surface area (Å²) in [5.41, 5.74) is 1.83. The maximum Gasteiger partial charge on any atom is 0.218 e. The Morgan fingerprint density at radius 2 is 1.92 bits per heavy atom. The lowest BCUT2D eigenvalue weighted by Gasteiger charge is -2.39. The number of hydrogen-bond donors (Lipinski definition) is 0. The fourth-order valence-corrected chi connectivity index (χ4v) is 3.57. The largest absolute Gasteiger partial charge is 0.481 e. The van der Waals surface area contributed by atoms with Gasteiger partial charge in [-0.25, -0.2) is 14.6 Å². The molecule has 0 N–H and O–H groups in total. The Balaban J connectivity index is 1.41. The molecule has 0 spiro atoms. The molecule has 3 heterocycles. The van der Waals surface area contributed by atoms with Crippen LogP contribution in [-0.4, -0.2) is 57.5 Å². The van der Waals surface area contributed by atoms with E-state index in [9.17, 15) is 0 Å². The number of hydrogen-bond acceptors (Lipinski definition) is 8. The zero-order valence-electron chi connectivity index (χ0n) is 14.8. The SMILES string of the molecule is COc1cc(N(C2CC2)C2CCN(Cc3nonc3C)CC2)ncn1. The smallest absolute Gasteiger partial charge is 0.218 e. The third kappa shape index (κ3) is 3.58. The first-order chi connectivity index (χ1) is 12.2. The van der Waals surface area contributed by atoms with Crippen LogP contribution in [0.25, 0.3) is 0 Å². The van der Waals surface area contributed by atoms with Gasteiger partial charge in [0.05, 0.1) is 7.11 Å². The summed E-state index contributed by atoms with van der Waals surface area (Å²) in [7, 11) is 1.65. The summed E-state index contributed by atoms with van der Waals surface area (Å²) in [4.78, 5) is 13.6. The predicted octanol–water partition coefficient (Wildman–Crippen LogP) is 1.81. The van der Waals surface area contributed by atoms with E-state index in [0.717, 1.165) is 49.7 Å². The average Bonchev–Trinajstić information content (AvgIpc) is 3.40. The van der Waals surface area contributed by atoms with E-state index in [1.54, 1.807) is 13.4 Å². The second-order valence-electron chi connectivity index (χ2n) is 6.86. The van der Waals surface area contributed by atoms with Crippen LogP contribution in [0.4, 0.5) is 5.82 Å². The van der Waals surface area contributed by atoms with E-state index in [2.05, 4.69) is 30.1 Å². The Bertz CT molecular complexity index is 709. The van der Waals surface area contributed by atoms with Crippen molar-refractivity contribution in [1.29, 1.82) is 0 Å². The molecule has 0 radical (unpaired) electrons. The van der Waals surface area contributed by atoms with Gasteiger partial charge in [-0.3, -0.25) is 4.90 Å². The molecule has 0 amide bonds. The second-order valence-corrected chi connectivity index (χ2v) is 6.86. The van der Waals surface area contributed by atoms with Crippen molar-refractivity contribution in [3.63, 3.8) is 0 Å². The minimum Gasteiger partial charge on any atom is -0.481 e. The average molecular weight is 344 g/mol. The van der Waals surface area contributed by atoms with E-state index in [4.69, 9.17) is 9.37 Å². The lowest BCUT2D eigenvalue weighted by Crippen LogP contribution is -2.46. The molecule has 2 aliphatic rings. The fourth-order valence-electron chi connectivity index (χ4n) is 3.57. The molecule has 0 unspecified atom stereocenters. The maximum atomic E-state index is 5.27. The van der Waals surface area contributed by atoms with E-state index >= 15 is 0 Å². The minimum atomic E-state index is 0.514. The van der Waals surface area contributed by atoms with E-state index < -0.39 is 0 Å². The topological polar surface area (TPSA) is 80.4 Å². The van der Waals surface area contributed by atoms with Gasteiger partial charge in [0.25, 0.3) is 0 Å². The third-order valence-corrected chi connectivity index (χ3v) is 5.11. The number of likely N-dealkylation sites (tertiary alicyclic amines) is 1. The highest BCUT2D eigenvalue weighted by Crippen LogP contribution is 2.36. The maximum absolute atomic E-state index is 5.27. The molecule has 2 aromatic heterocycles. The van der Waals surface area contributed by atoms with Crippen LogP contribution in [0.2, 0.25) is 0 Å². The van der Waals surface area contributed by atoms with Crippen LogP contribution in [0.1, 0.15) is 37.1 Å². The number of rotatable bonds is 6. The van der Waals surface area contributed by atoms with Crippen molar-refractivity contribution in [2.45, 2.75) is 51.2 Å². The lowest BCUT2D eigenvalue weighted by atomic mass is 10.0. The number of methoxy groups -OCH3 is 1. The van der Waals surface area contributed by atoms with Crippen LogP contribution in [-0.2, 0) is 6.54 Å². The predicted molar refractivity (Wildman–Crippen MR) is 91.4 cm³/mol. The van der Waals surface area contributed by atoms with Crippen LogP contribution < -0.4 is 9.64 Å². The van der Waals surface area contributed by atoms with Gasteiger partial charge in [0, 0.05) is 37.8 Å². The van der Waals surface area contributed by atoms with E-state index in [0.29, 0.717) is 18.0 Å². The molecule has 1 aliphatic heterocycles. The molecule has 8 nitrogen and oxygen atoms in total. The van der Waals surface area contributed by atoms with Crippen molar-refractivity contribution in [2.75, 3.05) is 25.1 Å².